The van der Waals surface area contributed by atoms with Crippen LogP contribution in [0, 0.1) is 0 Å². The van der Waals surface area contributed by atoms with Crippen LogP contribution in [-0.2, 0) is 13.0 Å². The van der Waals surface area contributed by atoms with Gasteiger partial charge in [-0.3, -0.25) is 4.79 Å². The third-order valence-corrected chi connectivity index (χ3v) is 4.07. The van der Waals surface area contributed by atoms with Crippen molar-refractivity contribution in [3.63, 3.8) is 0 Å². The molecule has 6 heteroatoms. The van der Waals surface area contributed by atoms with Crippen molar-refractivity contribution in [3.8, 4) is 22.8 Å². The number of hydrogen-bond acceptors (Lipinski definition) is 3. The zero-order valence-electron chi connectivity index (χ0n) is 12.9. The molecule has 0 atom stereocenters. The van der Waals surface area contributed by atoms with E-state index in [1.807, 2.05) is 23.8 Å². The van der Waals surface area contributed by atoms with Gasteiger partial charge in [-0.2, -0.15) is 8.78 Å². The van der Waals surface area contributed by atoms with Gasteiger partial charge in [0.25, 0.3) is 0 Å². The number of ketones is 1. The van der Waals surface area contributed by atoms with Crippen molar-refractivity contribution in [2.75, 3.05) is 7.11 Å². The predicted octanol–water partition coefficient (Wildman–Crippen LogP) is 3.91. The van der Waals surface area contributed by atoms with E-state index in [0.29, 0.717) is 24.9 Å². The Morgan fingerprint density at radius 2 is 2.13 bits per heavy atom. The second-order valence-corrected chi connectivity index (χ2v) is 5.34. The quantitative estimate of drug-likeness (QED) is 0.784. The predicted molar refractivity (Wildman–Crippen MR) is 81.4 cm³/mol. The maximum Gasteiger partial charge on any atom is 0.387 e. The fraction of sp³-hybridized carbons (Fsp3) is 0.353. The molecule has 2 aromatic rings. The lowest BCUT2D eigenvalue weighted by Crippen LogP contribution is -2.13. The summed E-state index contributed by atoms with van der Waals surface area (Å²) in [4.78, 5) is 12.2. The molecule has 23 heavy (non-hydrogen) atoms. The third-order valence-electron chi connectivity index (χ3n) is 4.07. The molecular weight excluding hydrogens is 304 g/mol. The van der Waals surface area contributed by atoms with E-state index in [2.05, 4.69) is 4.74 Å². The average molecular weight is 321 g/mol. The summed E-state index contributed by atoms with van der Waals surface area (Å²) in [7, 11) is 1.40. The topological polar surface area (TPSA) is 40.5 Å². The Morgan fingerprint density at radius 3 is 2.78 bits per heavy atom. The Bertz CT molecular complexity index is 753. The van der Waals surface area contributed by atoms with Gasteiger partial charge in [-0.1, -0.05) is 6.92 Å². The molecule has 0 spiro atoms. The van der Waals surface area contributed by atoms with E-state index in [1.165, 1.54) is 7.11 Å². The minimum atomic E-state index is -2.91. The second kappa shape index (κ2) is 6.02. The van der Waals surface area contributed by atoms with Gasteiger partial charge in [-0.15, -0.1) is 0 Å². The summed E-state index contributed by atoms with van der Waals surface area (Å²) in [6.45, 7) is -0.401. The number of ether oxygens (including phenoxy) is 2. The maximum atomic E-state index is 12.5. The summed E-state index contributed by atoms with van der Waals surface area (Å²) in [6.07, 6.45) is 2.98. The van der Waals surface area contributed by atoms with Gasteiger partial charge in [-0.05, 0) is 30.2 Å². The van der Waals surface area contributed by atoms with Crippen LogP contribution in [0.25, 0.3) is 11.3 Å². The zero-order chi connectivity index (χ0) is 16.6. The molecule has 0 unspecified atom stereocenters. The van der Waals surface area contributed by atoms with E-state index in [-0.39, 0.29) is 17.3 Å². The molecule has 1 aromatic carbocycles. The highest BCUT2D eigenvalue weighted by Crippen LogP contribution is 2.40. The number of aromatic nitrogens is 1. The summed E-state index contributed by atoms with van der Waals surface area (Å²) >= 11 is 0. The molecule has 0 aliphatic carbocycles. The number of Topliss-reactive ketones (excluding diaryl/α,β-unsaturated/α-hetero) is 1. The molecule has 0 bridgehead atoms. The first kappa shape index (κ1) is 15.5. The van der Waals surface area contributed by atoms with Gasteiger partial charge in [0.1, 0.15) is 0 Å². The van der Waals surface area contributed by atoms with E-state index in [0.717, 1.165) is 16.8 Å². The number of methoxy groups -OCH3 is 1. The summed E-state index contributed by atoms with van der Waals surface area (Å²) in [5.74, 6) is 0.302. The Hall–Kier alpha value is -2.37. The molecule has 1 aliphatic rings. The minimum Gasteiger partial charge on any atom is -0.493 e. The number of alkyl halides is 2. The summed E-state index contributed by atoms with van der Waals surface area (Å²) in [5.41, 5.74) is 3.17. The molecule has 122 valence electrons. The molecule has 0 saturated heterocycles. The van der Waals surface area contributed by atoms with E-state index in [9.17, 15) is 13.6 Å². The molecule has 3 rings (SSSR count). The molecule has 0 radical (unpaired) electrons. The standard InChI is InChI=1S/C17H17F2NO3/c1-3-13(21)11-5-7-20-6-4-10-8-15(23-17(18)19)14(22-2)9-12(10)16(11)20/h5,7-9,17H,3-4,6H2,1-2H3. The third kappa shape index (κ3) is 2.69. The lowest BCUT2D eigenvalue weighted by atomic mass is 9.94. The highest BCUT2D eigenvalue weighted by molar-refractivity contribution is 6.02. The van der Waals surface area contributed by atoms with Crippen molar-refractivity contribution < 1.29 is 23.0 Å². The van der Waals surface area contributed by atoms with Gasteiger partial charge in [0.15, 0.2) is 17.3 Å². The first-order chi connectivity index (χ1) is 11.0. The average Bonchev–Trinajstić information content (AvgIpc) is 2.97. The van der Waals surface area contributed by atoms with Gasteiger partial charge >= 0.3 is 6.61 Å². The van der Waals surface area contributed by atoms with Crippen LogP contribution in [0.4, 0.5) is 8.78 Å². The molecule has 1 aliphatic heterocycles. The smallest absolute Gasteiger partial charge is 0.387 e. The van der Waals surface area contributed by atoms with Gasteiger partial charge in [0.05, 0.1) is 12.8 Å². The second-order valence-electron chi connectivity index (χ2n) is 5.34. The highest BCUT2D eigenvalue weighted by atomic mass is 19.3. The van der Waals surface area contributed by atoms with Crippen LogP contribution >= 0.6 is 0 Å². The highest BCUT2D eigenvalue weighted by Gasteiger charge is 2.25. The van der Waals surface area contributed by atoms with Gasteiger partial charge in [0, 0.05) is 30.3 Å². The lowest BCUT2D eigenvalue weighted by molar-refractivity contribution is -0.0512. The number of nitrogens with zero attached hydrogens (tertiary/aromatic N) is 1. The number of hydrogen-bond donors (Lipinski definition) is 0. The minimum absolute atomic E-state index is 0.0182. The van der Waals surface area contributed by atoms with Crippen LogP contribution in [0.2, 0.25) is 0 Å². The molecule has 4 nitrogen and oxygen atoms in total. The summed E-state index contributed by atoms with van der Waals surface area (Å²) in [6, 6.07) is 5.06. The molecule has 1 aromatic heterocycles. The summed E-state index contributed by atoms with van der Waals surface area (Å²) in [5, 5.41) is 0. The fourth-order valence-corrected chi connectivity index (χ4v) is 2.99. The van der Waals surface area contributed by atoms with Crippen molar-refractivity contribution >= 4 is 5.78 Å². The molecule has 0 N–H and O–H groups in total. The molecule has 0 amide bonds. The van der Waals surface area contributed by atoms with E-state index in [1.54, 1.807) is 12.1 Å². The Balaban J connectivity index is 2.15. The molecular formula is C17H17F2NO3. The van der Waals surface area contributed by atoms with Crippen molar-refractivity contribution in [1.82, 2.24) is 4.57 Å². The SMILES string of the molecule is CCC(=O)c1ccn2c1-c1cc(OC)c(OC(F)F)cc1CC2. The number of carbonyl (C=O) groups is 1. The maximum absolute atomic E-state index is 12.5. The normalized spacial score (nSPS) is 12.7. The van der Waals surface area contributed by atoms with Crippen LogP contribution in [0.3, 0.4) is 0 Å². The van der Waals surface area contributed by atoms with Gasteiger partial charge in [0.2, 0.25) is 0 Å². The zero-order valence-corrected chi connectivity index (χ0v) is 12.9. The number of fused-ring (bicyclic) bond motifs is 3. The molecule has 0 saturated carbocycles. The monoisotopic (exact) mass is 321 g/mol. The van der Waals surface area contributed by atoms with Gasteiger partial charge in [-0.25, -0.2) is 0 Å². The Morgan fingerprint density at radius 1 is 1.35 bits per heavy atom. The number of aryl methyl sites for hydroxylation is 2. The number of carbonyl (C=O) groups excluding carboxylic acids is 1. The van der Waals surface area contributed by atoms with Crippen molar-refractivity contribution in [2.24, 2.45) is 0 Å². The van der Waals surface area contributed by atoms with Crippen LogP contribution in [0.5, 0.6) is 11.5 Å². The van der Waals surface area contributed by atoms with Crippen LogP contribution in [0.15, 0.2) is 24.4 Å². The Kier molecular flexibility index (Phi) is 4.07. The number of benzene rings is 1. The van der Waals surface area contributed by atoms with E-state index >= 15 is 0 Å². The largest absolute Gasteiger partial charge is 0.493 e. The summed E-state index contributed by atoms with van der Waals surface area (Å²) < 4.78 is 36.8. The van der Waals surface area contributed by atoms with Crippen molar-refractivity contribution in [1.29, 1.82) is 0 Å². The number of halogens is 2. The number of rotatable bonds is 5. The lowest BCUT2D eigenvalue weighted by Gasteiger charge is -2.23. The van der Waals surface area contributed by atoms with Crippen LogP contribution in [0.1, 0.15) is 29.3 Å². The van der Waals surface area contributed by atoms with Crippen LogP contribution < -0.4 is 9.47 Å². The molecule has 2 heterocycles. The fourth-order valence-electron chi connectivity index (χ4n) is 2.99. The van der Waals surface area contributed by atoms with E-state index in [4.69, 9.17) is 4.74 Å². The van der Waals surface area contributed by atoms with Crippen molar-refractivity contribution in [2.45, 2.75) is 32.9 Å². The van der Waals surface area contributed by atoms with Crippen molar-refractivity contribution in [3.05, 3.63) is 35.5 Å². The first-order valence-corrected chi connectivity index (χ1v) is 7.43. The van der Waals surface area contributed by atoms with Crippen LogP contribution in [-0.4, -0.2) is 24.1 Å². The van der Waals surface area contributed by atoms with Gasteiger partial charge < -0.3 is 14.0 Å². The van der Waals surface area contributed by atoms with E-state index < -0.39 is 6.61 Å². The Labute approximate surface area is 132 Å². The molecule has 0 fully saturated rings. The first-order valence-electron chi connectivity index (χ1n) is 7.43.